The summed E-state index contributed by atoms with van der Waals surface area (Å²) in [5, 5.41) is 0. The molecule has 1 atom stereocenters. The number of alkyl halides is 2. The third-order valence-electron chi connectivity index (χ3n) is 4.72. The number of carbonyl (C=O) groups is 2. The van der Waals surface area contributed by atoms with Gasteiger partial charge in [-0.2, -0.15) is 0 Å². The average Bonchev–Trinajstić information content (AvgIpc) is 3.02. The van der Waals surface area contributed by atoms with E-state index < -0.39 is 30.2 Å². The summed E-state index contributed by atoms with van der Waals surface area (Å²) in [6.07, 6.45) is 0.947. The summed E-state index contributed by atoms with van der Waals surface area (Å²) in [5.41, 5.74) is -0.840. The molecule has 2 amide bonds. The second-order valence-electron chi connectivity index (χ2n) is 6.38. The molecule has 0 unspecified atom stereocenters. The number of carbonyl (C=O) groups excluding carboxylic acids is 2. The van der Waals surface area contributed by atoms with Crippen molar-refractivity contribution in [1.82, 2.24) is 14.8 Å². The SMILES string of the molecule is CCN1CC[C@@]2(CN(C(=O)c3ocnc3C)CC(F)(F)C2)C1=O. The molecule has 1 spiro atoms. The van der Waals surface area contributed by atoms with Crippen LogP contribution in [0.2, 0.25) is 0 Å². The zero-order chi connectivity index (χ0) is 16.8. The minimum atomic E-state index is -3.10. The van der Waals surface area contributed by atoms with Gasteiger partial charge in [-0.15, -0.1) is 0 Å². The van der Waals surface area contributed by atoms with E-state index in [0.717, 1.165) is 11.3 Å². The Hall–Kier alpha value is -1.99. The molecule has 126 valence electrons. The standard InChI is InChI=1S/C15H19F2N3O3/c1-3-19-5-4-14(13(19)22)6-15(16,17)8-20(7-14)12(21)11-10(2)18-9-23-11/h9H,3-8H2,1-2H3/t14-/m1/s1. The predicted molar refractivity (Wildman–Crippen MR) is 76.0 cm³/mol. The van der Waals surface area contributed by atoms with Crippen LogP contribution in [0.15, 0.2) is 10.8 Å². The zero-order valence-electron chi connectivity index (χ0n) is 13.1. The molecule has 1 aromatic heterocycles. The van der Waals surface area contributed by atoms with Crippen LogP contribution >= 0.6 is 0 Å². The maximum absolute atomic E-state index is 14.2. The van der Waals surface area contributed by atoms with Crippen molar-refractivity contribution in [3.05, 3.63) is 17.8 Å². The van der Waals surface area contributed by atoms with Crippen molar-refractivity contribution in [2.24, 2.45) is 5.41 Å². The highest BCUT2D eigenvalue weighted by Gasteiger charge is 2.57. The minimum absolute atomic E-state index is 0.00308. The summed E-state index contributed by atoms with van der Waals surface area (Å²) in [5.74, 6) is -4.06. The van der Waals surface area contributed by atoms with Gasteiger partial charge in [0.25, 0.3) is 11.8 Å². The van der Waals surface area contributed by atoms with E-state index >= 15 is 0 Å². The van der Waals surface area contributed by atoms with Gasteiger partial charge in [-0.3, -0.25) is 9.59 Å². The predicted octanol–water partition coefficient (Wildman–Crippen LogP) is 1.70. The van der Waals surface area contributed by atoms with E-state index in [0.29, 0.717) is 25.2 Å². The van der Waals surface area contributed by atoms with Crippen molar-refractivity contribution in [2.75, 3.05) is 26.2 Å². The molecule has 0 saturated carbocycles. The Morgan fingerprint density at radius 3 is 2.74 bits per heavy atom. The Morgan fingerprint density at radius 1 is 1.43 bits per heavy atom. The molecule has 0 aliphatic carbocycles. The van der Waals surface area contributed by atoms with Crippen LogP contribution in [0.25, 0.3) is 0 Å². The maximum atomic E-state index is 14.2. The number of halogens is 2. The van der Waals surface area contributed by atoms with Gasteiger partial charge in [-0.25, -0.2) is 13.8 Å². The summed E-state index contributed by atoms with van der Waals surface area (Å²) in [4.78, 5) is 31.5. The summed E-state index contributed by atoms with van der Waals surface area (Å²) >= 11 is 0. The van der Waals surface area contributed by atoms with Crippen molar-refractivity contribution < 1.29 is 22.8 Å². The second-order valence-corrected chi connectivity index (χ2v) is 6.38. The van der Waals surface area contributed by atoms with Crippen LogP contribution in [0.1, 0.15) is 36.0 Å². The molecule has 0 radical (unpaired) electrons. The van der Waals surface area contributed by atoms with Gasteiger partial charge in [-0.1, -0.05) is 0 Å². The molecule has 2 aliphatic heterocycles. The summed E-state index contributed by atoms with van der Waals surface area (Å²) in [6.45, 7) is 3.63. The Kier molecular flexibility index (Phi) is 3.65. The number of nitrogens with zero attached hydrogens (tertiary/aromatic N) is 3. The Balaban J connectivity index is 1.90. The largest absolute Gasteiger partial charge is 0.438 e. The monoisotopic (exact) mass is 327 g/mol. The van der Waals surface area contributed by atoms with Crippen LogP contribution in [0, 0.1) is 12.3 Å². The van der Waals surface area contributed by atoms with Gasteiger partial charge in [-0.05, 0) is 20.3 Å². The molecule has 2 aliphatic rings. The summed E-state index contributed by atoms with van der Waals surface area (Å²) < 4.78 is 33.5. The van der Waals surface area contributed by atoms with Gasteiger partial charge < -0.3 is 14.2 Å². The van der Waals surface area contributed by atoms with E-state index in [1.807, 2.05) is 6.92 Å². The number of amides is 2. The van der Waals surface area contributed by atoms with Gasteiger partial charge in [0, 0.05) is 26.1 Å². The lowest BCUT2D eigenvalue weighted by atomic mass is 9.77. The van der Waals surface area contributed by atoms with Crippen LogP contribution in [-0.2, 0) is 4.79 Å². The number of aromatic nitrogens is 1. The quantitative estimate of drug-likeness (QED) is 0.829. The first kappa shape index (κ1) is 15.9. The molecular formula is C15H19F2N3O3. The van der Waals surface area contributed by atoms with Gasteiger partial charge in [0.2, 0.25) is 11.7 Å². The second kappa shape index (κ2) is 5.28. The van der Waals surface area contributed by atoms with Gasteiger partial charge in [0.05, 0.1) is 17.7 Å². The fourth-order valence-corrected chi connectivity index (χ4v) is 3.61. The van der Waals surface area contributed by atoms with Crippen molar-refractivity contribution in [3.8, 4) is 0 Å². The van der Waals surface area contributed by atoms with E-state index in [-0.39, 0.29) is 18.2 Å². The number of aryl methyl sites for hydroxylation is 1. The fourth-order valence-electron chi connectivity index (χ4n) is 3.61. The van der Waals surface area contributed by atoms with Crippen LogP contribution in [0.3, 0.4) is 0 Å². The first-order valence-electron chi connectivity index (χ1n) is 7.64. The lowest BCUT2D eigenvalue weighted by Crippen LogP contribution is -2.57. The number of oxazole rings is 1. The van der Waals surface area contributed by atoms with Gasteiger partial charge >= 0.3 is 0 Å². The van der Waals surface area contributed by atoms with Crippen LogP contribution in [-0.4, -0.2) is 58.7 Å². The molecule has 23 heavy (non-hydrogen) atoms. The normalized spacial score (nSPS) is 27.0. The van der Waals surface area contributed by atoms with Crippen molar-refractivity contribution >= 4 is 11.8 Å². The third-order valence-corrected chi connectivity index (χ3v) is 4.72. The fraction of sp³-hybridized carbons (Fsp3) is 0.667. The molecule has 1 aromatic rings. The summed E-state index contributed by atoms with van der Waals surface area (Å²) in [6, 6.07) is 0. The number of likely N-dealkylation sites (tertiary alicyclic amines) is 2. The molecule has 2 fully saturated rings. The molecule has 8 heteroatoms. The van der Waals surface area contributed by atoms with E-state index in [9.17, 15) is 18.4 Å². The lowest BCUT2D eigenvalue weighted by Gasteiger charge is -2.42. The average molecular weight is 327 g/mol. The Bertz CT molecular complexity index is 646. The first-order chi connectivity index (χ1) is 10.8. The van der Waals surface area contributed by atoms with Crippen LogP contribution < -0.4 is 0 Å². The first-order valence-corrected chi connectivity index (χ1v) is 7.64. The topological polar surface area (TPSA) is 66.7 Å². The molecule has 0 N–H and O–H groups in total. The van der Waals surface area contributed by atoms with Crippen molar-refractivity contribution in [2.45, 2.75) is 32.6 Å². The molecular weight excluding hydrogens is 308 g/mol. The van der Waals surface area contributed by atoms with E-state index in [4.69, 9.17) is 4.42 Å². The number of hydrogen-bond donors (Lipinski definition) is 0. The van der Waals surface area contributed by atoms with Gasteiger partial charge in [0.1, 0.15) is 0 Å². The lowest BCUT2D eigenvalue weighted by molar-refractivity contribution is -0.151. The molecule has 0 bridgehead atoms. The highest BCUT2D eigenvalue weighted by atomic mass is 19.3. The number of rotatable bonds is 2. The number of hydrogen-bond acceptors (Lipinski definition) is 4. The van der Waals surface area contributed by atoms with E-state index in [1.165, 1.54) is 0 Å². The minimum Gasteiger partial charge on any atom is -0.438 e. The third kappa shape index (κ3) is 2.60. The van der Waals surface area contributed by atoms with E-state index in [2.05, 4.69) is 4.98 Å². The molecule has 3 heterocycles. The Labute approximate surface area is 132 Å². The Morgan fingerprint density at radius 2 is 2.17 bits per heavy atom. The highest BCUT2D eigenvalue weighted by molar-refractivity contribution is 5.93. The van der Waals surface area contributed by atoms with Crippen LogP contribution in [0.4, 0.5) is 8.78 Å². The molecule has 0 aromatic carbocycles. The maximum Gasteiger partial charge on any atom is 0.291 e. The zero-order valence-corrected chi connectivity index (χ0v) is 13.1. The van der Waals surface area contributed by atoms with Crippen molar-refractivity contribution in [3.63, 3.8) is 0 Å². The molecule has 2 saturated heterocycles. The van der Waals surface area contributed by atoms with Crippen LogP contribution in [0.5, 0.6) is 0 Å². The summed E-state index contributed by atoms with van der Waals surface area (Å²) in [7, 11) is 0. The number of piperidine rings is 1. The smallest absolute Gasteiger partial charge is 0.291 e. The van der Waals surface area contributed by atoms with E-state index in [1.54, 1.807) is 11.8 Å². The molecule has 6 nitrogen and oxygen atoms in total. The molecule has 3 rings (SSSR count). The van der Waals surface area contributed by atoms with Gasteiger partial charge in [0.15, 0.2) is 6.39 Å². The highest BCUT2D eigenvalue weighted by Crippen LogP contribution is 2.45. The van der Waals surface area contributed by atoms with Crippen molar-refractivity contribution in [1.29, 1.82) is 0 Å².